The summed E-state index contributed by atoms with van der Waals surface area (Å²) in [7, 11) is 0. The predicted molar refractivity (Wildman–Crippen MR) is 95.2 cm³/mol. The van der Waals surface area contributed by atoms with Gasteiger partial charge < -0.3 is 9.64 Å². The average Bonchev–Trinajstić information content (AvgIpc) is 2.86. The third kappa shape index (κ3) is 3.22. The second kappa shape index (κ2) is 6.62. The van der Waals surface area contributed by atoms with Crippen LogP contribution in [0.3, 0.4) is 0 Å². The zero-order chi connectivity index (χ0) is 16.4. The van der Waals surface area contributed by atoms with Gasteiger partial charge in [0.05, 0.1) is 12.5 Å². The van der Waals surface area contributed by atoms with E-state index in [9.17, 15) is 4.79 Å². The van der Waals surface area contributed by atoms with Crippen molar-refractivity contribution in [3.63, 3.8) is 0 Å². The van der Waals surface area contributed by atoms with Crippen molar-refractivity contribution >= 4 is 12.0 Å². The van der Waals surface area contributed by atoms with E-state index in [1.54, 1.807) is 0 Å². The van der Waals surface area contributed by atoms with Crippen LogP contribution in [0.2, 0.25) is 0 Å². The van der Waals surface area contributed by atoms with Crippen LogP contribution in [0.15, 0.2) is 36.0 Å². The van der Waals surface area contributed by atoms with Crippen LogP contribution in [0.1, 0.15) is 56.9 Å². The highest BCUT2D eigenvalue weighted by Crippen LogP contribution is 2.42. The molecule has 3 heteroatoms. The molecule has 2 saturated heterocycles. The number of carbonyl (C=O) groups is 1. The Labute approximate surface area is 144 Å². The first kappa shape index (κ1) is 15.7. The van der Waals surface area contributed by atoms with Gasteiger partial charge in [-0.3, -0.25) is 4.79 Å². The van der Waals surface area contributed by atoms with Gasteiger partial charge in [-0.25, -0.2) is 0 Å². The molecule has 2 heterocycles. The van der Waals surface area contributed by atoms with Crippen LogP contribution < -0.4 is 0 Å². The van der Waals surface area contributed by atoms with Crippen molar-refractivity contribution in [1.29, 1.82) is 0 Å². The fourth-order valence-electron chi connectivity index (χ4n) is 4.57. The summed E-state index contributed by atoms with van der Waals surface area (Å²) in [5.41, 5.74) is 2.29. The third-order valence-corrected chi connectivity index (χ3v) is 5.84. The van der Waals surface area contributed by atoms with E-state index >= 15 is 0 Å². The summed E-state index contributed by atoms with van der Waals surface area (Å²) in [6, 6.07) is 10.5. The minimum Gasteiger partial charge on any atom is -0.457 e. The number of rotatable bonds is 3. The summed E-state index contributed by atoms with van der Waals surface area (Å²) < 4.78 is 6.16. The largest absolute Gasteiger partial charge is 0.457 e. The smallest absolute Gasteiger partial charge is 0.309 e. The predicted octanol–water partition coefficient (Wildman–Crippen LogP) is 4.39. The van der Waals surface area contributed by atoms with Gasteiger partial charge in [0.1, 0.15) is 5.60 Å². The molecular formula is C21H27NO2. The summed E-state index contributed by atoms with van der Waals surface area (Å²) in [6.07, 6.45) is 10.9. The molecule has 1 unspecified atom stereocenters. The van der Waals surface area contributed by atoms with Gasteiger partial charge in [0, 0.05) is 18.7 Å². The number of benzene rings is 1. The molecule has 1 atom stereocenters. The second-order valence-electron chi connectivity index (χ2n) is 7.69. The zero-order valence-corrected chi connectivity index (χ0v) is 14.4. The van der Waals surface area contributed by atoms with Crippen LogP contribution in [-0.2, 0) is 9.53 Å². The standard InChI is InChI=1S/C21H27NO2/c23-20(18-10-5-2-6-11-18)24-21-12-7-13-22(16-21)19(15-21)14-17-8-3-1-4-9-17/h1,3-4,8-9,14,18H,2,5-7,10-13,15-16H2/b19-14+. The van der Waals surface area contributed by atoms with Crippen molar-refractivity contribution < 1.29 is 9.53 Å². The Morgan fingerprint density at radius 2 is 1.92 bits per heavy atom. The molecule has 2 aliphatic heterocycles. The van der Waals surface area contributed by atoms with Crippen LogP contribution in [-0.4, -0.2) is 29.6 Å². The lowest BCUT2D eigenvalue weighted by molar-refractivity contribution is -0.167. The van der Waals surface area contributed by atoms with E-state index in [2.05, 4.69) is 35.2 Å². The number of fused-ring (bicyclic) bond motifs is 2. The molecule has 3 aliphatic rings. The van der Waals surface area contributed by atoms with Crippen LogP contribution in [0.5, 0.6) is 0 Å². The van der Waals surface area contributed by atoms with Crippen molar-refractivity contribution in [3.8, 4) is 0 Å². The molecule has 3 nitrogen and oxygen atoms in total. The Balaban J connectivity index is 1.49. The molecule has 3 fully saturated rings. The molecule has 2 bridgehead atoms. The van der Waals surface area contributed by atoms with Gasteiger partial charge in [-0.05, 0) is 37.3 Å². The fraction of sp³-hybridized carbons (Fsp3) is 0.571. The molecule has 1 aromatic rings. The van der Waals surface area contributed by atoms with Crippen molar-refractivity contribution in [2.75, 3.05) is 13.1 Å². The summed E-state index contributed by atoms with van der Waals surface area (Å²) in [5.74, 6) is 0.211. The van der Waals surface area contributed by atoms with Crippen molar-refractivity contribution in [3.05, 3.63) is 41.6 Å². The normalized spacial score (nSPS) is 29.0. The minimum absolute atomic E-state index is 0.0671. The van der Waals surface area contributed by atoms with Crippen LogP contribution >= 0.6 is 0 Å². The number of hydrogen-bond acceptors (Lipinski definition) is 3. The summed E-state index contributed by atoms with van der Waals surface area (Å²) in [6.45, 7) is 1.96. The van der Waals surface area contributed by atoms with E-state index in [4.69, 9.17) is 4.74 Å². The Morgan fingerprint density at radius 3 is 2.71 bits per heavy atom. The van der Waals surface area contributed by atoms with Gasteiger partial charge in [0.25, 0.3) is 0 Å². The topological polar surface area (TPSA) is 29.5 Å². The molecule has 0 N–H and O–H groups in total. The maximum absolute atomic E-state index is 12.7. The Morgan fingerprint density at radius 1 is 1.12 bits per heavy atom. The maximum Gasteiger partial charge on any atom is 0.309 e. The van der Waals surface area contributed by atoms with E-state index < -0.39 is 0 Å². The molecule has 24 heavy (non-hydrogen) atoms. The number of esters is 1. The quantitative estimate of drug-likeness (QED) is 0.772. The van der Waals surface area contributed by atoms with E-state index in [1.807, 2.05) is 6.07 Å². The molecule has 0 radical (unpaired) electrons. The highest BCUT2D eigenvalue weighted by Gasteiger charge is 2.47. The van der Waals surface area contributed by atoms with E-state index in [-0.39, 0.29) is 17.5 Å². The number of carbonyl (C=O) groups excluding carboxylic acids is 1. The van der Waals surface area contributed by atoms with Crippen molar-refractivity contribution in [2.24, 2.45) is 5.92 Å². The van der Waals surface area contributed by atoms with E-state index in [1.165, 1.54) is 30.5 Å². The second-order valence-corrected chi connectivity index (χ2v) is 7.69. The third-order valence-electron chi connectivity index (χ3n) is 5.84. The highest BCUT2D eigenvalue weighted by molar-refractivity contribution is 5.73. The molecule has 128 valence electrons. The lowest BCUT2D eigenvalue weighted by atomic mass is 9.88. The zero-order valence-electron chi connectivity index (χ0n) is 14.4. The Kier molecular flexibility index (Phi) is 4.34. The SMILES string of the molecule is O=C(OC12CCCN(C1)/C(=C/c1ccccc1)C2)C1CCCCC1. The van der Waals surface area contributed by atoms with Gasteiger partial charge in [-0.2, -0.15) is 0 Å². The van der Waals surface area contributed by atoms with Crippen LogP contribution in [0, 0.1) is 5.92 Å². The van der Waals surface area contributed by atoms with Crippen LogP contribution in [0.25, 0.3) is 6.08 Å². The van der Waals surface area contributed by atoms with Crippen molar-refractivity contribution in [1.82, 2.24) is 4.90 Å². The minimum atomic E-state index is -0.270. The summed E-state index contributed by atoms with van der Waals surface area (Å²) in [4.78, 5) is 15.1. The van der Waals surface area contributed by atoms with E-state index in [0.29, 0.717) is 0 Å². The Bertz CT molecular complexity index is 618. The molecule has 1 saturated carbocycles. The number of hydrogen-bond donors (Lipinski definition) is 0. The molecule has 0 spiro atoms. The maximum atomic E-state index is 12.7. The lowest BCUT2D eigenvalue weighted by Gasteiger charge is -2.35. The molecule has 1 aromatic carbocycles. The van der Waals surface area contributed by atoms with E-state index in [0.717, 1.165) is 45.2 Å². The Hall–Kier alpha value is -1.77. The molecule has 0 aromatic heterocycles. The fourth-order valence-corrected chi connectivity index (χ4v) is 4.57. The first-order valence-corrected chi connectivity index (χ1v) is 9.48. The average molecular weight is 325 g/mol. The highest BCUT2D eigenvalue weighted by atomic mass is 16.6. The summed E-state index contributed by atoms with van der Waals surface area (Å²) >= 11 is 0. The van der Waals surface area contributed by atoms with Gasteiger partial charge >= 0.3 is 5.97 Å². The number of nitrogens with zero attached hydrogens (tertiary/aromatic N) is 1. The molecule has 4 rings (SSSR count). The van der Waals surface area contributed by atoms with Gasteiger partial charge in [0.2, 0.25) is 0 Å². The lowest BCUT2D eigenvalue weighted by Crippen LogP contribution is -2.43. The van der Waals surface area contributed by atoms with Crippen molar-refractivity contribution in [2.45, 2.75) is 57.0 Å². The molecular weight excluding hydrogens is 298 g/mol. The summed E-state index contributed by atoms with van der Waals surface area (Å²) in [5, 5.41) is 0. The number of piperidine rings is 1. The van der Waals surface area contributed by atoms with Crippen LogP contribution in [0.4, 0.5) is 0 Å². The number of ether oxygens (including phenoxy) is 1. The molecule has 0 amide bonds. The van der Waals surface area contributed by atoms with Gasteiger partial charge in [0.15, 0.2) is 0 Å². The first-order valence-electron chi connectivity index (χ1n) is 9.48. The first-order chi connectivity index (χ1) is 11.7. The van der Waals surface area contributed by atoms with Gasteiger partial charge in [-0.1, -0.05) is 49.6 Å². The molecule has 1 aliphatic carbocycles. The van der Waals surface area contributed by atoms with Gasteiger partial charge in [-0.15, -0.1) is 0 Å². The monoisotopic (exact) mass is 325 g/mol.